The van der Waals surface area contributed by atoms with Gasteiger partial charge in [-0.05, 0) is 42.0 Å². The first kappa shape index (κ1) is 22.4. The Labute approximate surface area is 200 Å². The normalized spacial score (nSPS) is 17.4. The van der Waals surface area contributed by atoms with E-state index in [0.29, 0.717) is 33.1 Å². The van der Waals surface area contributed by atoms with Gasteiger partial charge in [0.05, 0.1) is 22.9 Å². The van der Waals surface area contributed by atoms with Crippen LogP contribution >= 0.6 is 35.0 Å². The highest BCUT2D eigenvalue weighted by Gasteiger charge is 2.36. The van der Waals surface area contributed by atoms with Crippen molar-refractivity contribution in [2.75, 3.05) is 5.32 Å². The first-order chi connectivity index (χ1) is 15.5. The molecule has 1 aliphatic rings. The number of aliphatic imine (C=N–C) groups is 1. The lowest BCUT2D eigenvalue weighted by Gasteiger charge is -2.32. The number of amides is 2. The lowest BCUT2D eigenvalue weighted by Crippen LogP contribution is -2.44. The predicted octanol–water partition coefficient (Wildman–Crippen LogP) is 6.15. The number of carbonyl (C=O) groups excluding carboxylic acids is 2. The van der Waals surface area contributed by atoms with E-state index in [9.17, 15) is 9.59 Å². The number of benzene rings is 3. The summed E-state index contributed by atoms with van der Waals surface area (Å²) in [4.78, 5) is 32.3. The van der Waals surface area contributed by atoms with Crippen molar-refractivity contribution in [2.45, 2.75) is 18.2 Å². The molecular formula is C24H19Cl2N3O2S. The number of hydrogen-bond acceptors (Lipinski definition) is 4. The van der Waals surface area contributed by atoms with Crippen LogP contribution in [-0.2, 0) is 16.1 Å². The minimum Gasteiger partial charge on any atom is -0.324 e. The fraction of sp³-hybridized carbons (Fsp3) is 0.125. The Balaban J connectivity index is 1.60. The summed E-state index contributed by atoms with van der Waals surface area (Å²) in [5.41, 5.74) is 2.13. The van der Waals surface area contributed by atoms with E-state index < -0.39 is 5.25 Å². The molecule has 0 spiro atoms. The fourth-order valence-electron chi connectivity index (χ4n) is 3.16. The third-order valence-electron chi connectivity index (χ3n) is 4.80. The second-order valence-electron chi connectivity index (χ2n) is 7.12. The summed E-state index contributed by atoms with van der Waals surface area (Å²) in [6.45, 7) is 0.373. The highest BCUT2D eigenvalue weighted by molar-refractivity contribution is 8.15. The van der Waals surface area contributed by atoms with Gasteiger partial charge in [-0.3, -0.25) is 14.5 Å². The van der Waals surface area contributed by atoms with E-state index >= 15 is 0 Å². The predicted molar refractivity (Wildman–Crippen MR) is 132 cm³/mol. The summed E-state index contributed by atoms with van der Waals surface area (Å²) < 4.78 is 0. The molecule has 5 nitrogen and oxygen atoms in total. The van der Waals surface area contributed by atoms with Crippen LogP contribution in [0.4, 0.5) is 11.4 Å². The zero-order valence-corrected chi connectivity index (χ0v) is 19.2. The quantitative estimate of drug-likeness (QED) is 0.472. The average Bonchev–Trinajstić information content (AvgIpc) is 2.79. The van der Waals surface area contributed by atoms with E-state index in [1.165, 1.54) is 11.8 Å². The number of anilines is 1. The molecule has 0 aliphatic carbocycles. The molecule has 2 amide bonds. The number of amidine groups is 1. The van der Waals surface area contributed by atoms with Crippen molar-refractivity contribution in [3.63, 3.8) is 0 Å². The Hall–Kier alpha value is -2.80. The topological polar surface area (TPSA) is 61.8 Å². The summed E-state index contributed by atoms with van der Waals surface area (Å²) in [5.74, 6) is -0.459. The van der Waals surface area contributed by atoms with Gasteiger partial charge in [0.15, 0.2) is 5.17 Å². The van der Waals surface area contributed by atoms with Gasteiger partial charge in [-0.1, -0.05) is 77.4 Å². The van der Waals surface area contributed by atoms with Crippen molar-refractivity contribution < 1.29 is 9.59 Å². The van der Waals surface area contributed by atoms with Crippen molar-refractivity contribution in [1.82, 2.24) is 4.90 Å². The molecule has 3 aromatic carbocycles. The maximum absolute atomic E-state index is 13.1. The lowest BCUT2D eigenvalue weighted by atomic mass is 10.2. The van der Waals surface area contributed by atoms with Crippen molar-refractivity contribution in [3.8, 4) is 0 Å². The zero-order chi connectivity index (χ0) is 22.5. The Kier molecular flexibility index (Phi) is 7.15. The maximum Gasteiger partial charge on any atom is 0.238 e. The van der Waals surface area contributed by atoms with Crippen LogP contribution < -0.4 is 5.32 Å². The second kappa shape index (κ2) is 10.2. The molecule has 1 saturated heterocycles. The van der Waals surface area contributed by atoms with Gasteiger partial charge in [-0.15, -0.1) is 0 Å². The van der Waals surface area contributed by atoms with Crippen molar-refractivity contribution >= 4 is 63.3 Å². The van der Waals surface area contributed by atoms with Gasteiger partial charge in [0.1, 0.15) is 5.25 Å². The van der Waals surface area contributed by atoms with Crippen molar-refractivity contribution in [3.05, 3.63) is 94.5 Å². The summed E-state index contributed by atoms with van der Waals surface area (Å²) in [5, 5.41) is 3.69. The summed E-state index contributed by atoms with van der Waals surface area (Å²) in [6.07, 6.45) is 0.0629. The number of rotatable bonds is 5. The third-order valence-corrected chi connectivity index (χ3v) is 6.57. The molecule has 32 heavy (non-hydrogen) atoms. The Morgan fingerprint density at radius 3 is 2.41 bits per heavy atom. The van der Waals surface area contributed by atoms with E-state index in [1.807, 2.05) is 30.3 Å². The van der Waals surface area contributed by atoms with Crippen LogP contribution in [-0.4, -0.2) is 27.1 Å². The summed E-state index contributed by atoms with van der Waals surface area (Å²) >= 11 is 13.4. The third kappa shape index (κ3) is 5.51. The molecule has 1 heterocycles. The highest BCUT2D eigenvalue weighted by atomic mass is 35.5. The van der Waals surface area contributed by atoms with Crippen LogP contribution in [0, 0.1) is 0 Å². The Bertz CT molecular complexity index is 1150. The minimum atomic E-state index is -0.628. The van der Waals surface area contributed by atoms with Gasteiger partial charge >= 0.3 is 0 Å². The SMILES string of the molecule is O=C(Nc1ccccc1Cl)C1CC(=O)N(Cc2ccccc2)C(=Nc2ccc(Cl)cc2)S1. The number of halogens is 2. The highest BCUT2D eigenvalue weighted by Crippen LogP contribution is 2.32. The fourth-order valence-corrected chi connectivity index (χ4v) is 4.57. The first-order valence-electron chi connectivity index (χ1n) is 9.90. The van der Waals surface area contributed by atoms with Gasteiger partial charge in [0.25, 0.3) is 0 Å². The van der Waals surface area contributed by atoms with Gasteiger partial charge in [-0.25, -0.2) is 4.99 Å². The van der Waals surface area contributed by atoms with Crippen LogP contribution in [0.5, 0.6) is 0 Å². The lowest BCUT2D eigenvalue weighted by molar-refractivity contribution is -0.129. The molecule has 162 valence electrons. The molecule has 0 saturated carbocycles. The monoisotopic (exact) mass is 483 g/mol. The number of nitrogens with one attached hydrogen (secondary N) is 1. The van der Waals surface area contributed by atoms with Gasteiger partial charge < -0.3 is 5.32 Å². The Morgan fingerprint density at radius 2 is 1.69 bits per heavy atom. The maximum atomic E-state index is 13.1. The number of thioether (sulfide) groups is 1. The van der Waals surface area contributed by atoms with Gasteiger partial charge in [0, 0.05) is 11.4 Å². The largest absolute Gasteiger partial charge is 0.324 e. The molecule has 1 fully saturated rings. The molecule has 1 N–H and O–H groups in total. The molecule has 8 heteroatoms. The van der Waals surface area contributed by atoms with E-state index in [4.69, 9.17) is 23.2 Å². The molecule has 0 bridgehead atoms. The summed E-state index contributed by atoms with van der Waals surface area (Å²) in [7, 11) is 0. The average molecular weight is 484 g/mol. The second-order valence-corrected chi connectivity index (χ2v) is 9.13. The van der Waals surface area contributed by atoms with Crippen molar-refractivity contribution in [2.24, 2.45) is 4.99 Å². The van der Waals surface area contributed by atoms with E-state index in [1.54, 1.807) is 53.4 Å². The number of carbonyl (C=O) groups is 2. The molecule has 0 radical (unpaired) electrons. The molecule has 3 aromatic rings. The van der Waals surface area contributed by atoms with Crippen LogP contribution in [0.15, 0.2) is 83.9 Å². The number of nitrogens with zero attached hydrogens (tertiary/aromatic N) is 2. The minimum absolute atomic E-state index is 0.0629. The smallest absolute Gasteiger partial charge is 0.238 e. The molecule has 1 aliphatic heterocycles. The van der Waals surface area contributed by atoms with Crippen molar-refractivity contribution in [1.29, 1.82) is 0 Å². The first-order valence-corrected chi connectivity index (χ1v) is 11.5. The van der Waals surface area contributed by atoms with Crippen LogP contribution in [0.3, 0.4) is 0 Å². The molecule has 1 atom stereocenters. The van der Waals surface area contributed by atoms with Gasteiger partial charge in [-0.2, -0.15) is 0 Å². The standard InChI is InChI=1S/C24H19Cl2N3O2S/c25-17-10-12-18(13-11-17)27-24-29(15-16-6-2-1-3-7-16)22(30)14-21(32-24)23(31)28-20-9-5-4-8-19(20)26/h1-13,21H,14-15H2,(H,28,31). The number of para-hydroxylation sites is 1. The van der Waals surface area contributed by atoms with Crippen LogP contribution in [0.1, 0.15) is 12.0 Å². The number of hydrogen-bond donors (Lipinski definition) is 1. The molecule has 4 rings (SSSR count). The molecule has 0 aromatic heterocycles. The Morgan fingerprint density at radius 1 is 1.00 bits per heavy atom. The molecule has 1 unspecified atom stereocenters. The summed E-state index contributed by atoms with van der Waals surface area (Å²) in [6, 6.07) is 23.7. The molecular weight excluding hydrogens is 465 g/mol. The van der Waals surface area contributed by atoms with E-state index in [0.717, 1.165) is 5.56 Å². The van der Waals surface area contributed by atoms with Crippen LogP contribution in [0.25, 0.3) is 0 Å². The zero-order valence-electron chi connectivity index (χ0n) is 16.9. The van der Waals surface area contributed by atoms with E-state index in [2.05, 4.69) is 10.3 Å². The van der Waals surface area contributed by atoms with E-state index in [-0.39, 0.29) is 18.2 Å². The van der Waals surface area contributed by atoms with Crippen LogP contribution in [0.2, 0.25) is 10.0 Å². The van der Waals surface area contributed by atoms with Gasteiger partial charge in [0.2, 0.25) is 11.8 Å².